The molecule has 0 aromatic carbocycles. The molecule has 1 aliphatic rings. The van der Waals surface area contributed by atoms with Crippen molar-refractivity contribution in [3.05, 3.63) is 20.3 Å². The fourth-order valence-electron chi connectivity index (χ4n) is 3.07. The van der Waals surface area contributed by atoms with E-state index in [0.29, 0.717) is 11.5 Å². The maximum Gasteiger partial charge on any atom is 0.0469 e. The second-order valence-electron chi connectivity index (χ2n) is 5.80. The quantitative estimate of drug-likeness (QED) is 0.758. The van der Waals surface area contributed by atoms with Crippen LogP contribution in [-0.2, 0) is 0 Å². The van der Waals surface area contributed by atoms with Gasteiger partial charge >= 0.3 is 0 Å². The van der Waals surface area contributed by atoms with Crippen LogP contribution in [0.1, 0.15) is 61.7 Å². The van der Waals surface area contributed by atoms with Gasteiger partial charge in [-0.3, -0.25) is 0 Å². The third kappa shape index (κ3) is 3.00. The van der Waals surface area contributed by atoms with Crippen molar-refractivity contribution in [1.29, 1.82) is 0 Å². The zero-order chi connectivity index (χ0) is 13.2. The Balaban J connectivity index is 2.24. The fourth-order valence-corrected chi connectivity index (χ4v) is 4.89. The van der Waals surface area contributed by atoms with Crippen LogP contribution in [0.3, 0.4) is 0 Å². The summed E-state index contributed by atoms with van der Waals surface area (Å²) in [4.78, 5) is 2.91. The van der Waals surface area contributed by atoms with E-state index in [-0.39, 0.29) is 0 Å². The summed E-state index contributed by atoms with van der Waals surface area (Å²) in [6, 6.07) is 2.87. The lowest BCUT2D eigenvalue weighted by atomic mass is 9.80. The van der Waals surface area contributed by atoms with Crippen molar-refractivity contribution >= 4 is 27.3 Å². The largest absolute Gasteiger partial charge is 0.309 e. The van der Waals surface area contributed by atoms with Crippen molar-refractivity contribution in [2.75, 3.05) is 6.54 Å². The Labute approximate surface area is 123 Å². The smallest absolute Gasteiger partial charge is 0.0469 e. The van der Waals surface area contributed by atoms with E-state index >= 15 is 0 Å². The van der Waals surface area contributed by atoms with E-state index in [1.54, 1.807) is 0 Å². The van der Waals surface area contributed by atoms with Gasteiger partial charge in [0.2, 0.25) is 0 Å². The molecular weight excluding hydrogens is 306 g/mol. The molecule has 1 nitrogen and oxygen atoms in total. The van der Waals surface area contributed by atoms with Gasteiger partial charge in [0.25, 0.3) is 0 Å². The summed E-state index contributed by atoms with van der Waals surface area (Å²) >= 11 is 5.61. The first-order valence-corrected chi connectivity index (χ1v) is 8.67. The van der Waals surface area contributed by atoms with Gasteiger partial charge in [-0.05, 0) is 60.1 Å². The minimum atomic E-state index is 0.450. The van der Waals surface area contributed by atoms with E-state index in [0.717, 1.165) is 6.54 Å². The average molecular weight is 330 g/mol. The van der Waals surface area contributed by atoms with Crippen molar-refractivity contribution in [2.45, 2.75) is 58.9 Å². The highest BCUT2D eigenvalue weighted by molar-refractivity contribution is 9.10. The third-order valence-electron chi connectivity index (χ3n) is 4.20. The lowest BCUT2D eigenvalue weighted by Crippen LogP contribution is -2.34. The van der Waals surface area contributed by atoms with Crippen LogP contribution in [-0.4, -0.2) is 6.54 Å². The SMILES string of the molecule is CCCNC(c1cc(Br)c(C)s1)C1(C)CCCC1. The standard InChI is InChI=1S/C15H24BrNS/c1-4-9-17-14(15(3)7-5-6-8-15)13-10-12(16)11(2)18-13/h10,14,17H,4-9H2,1-3H3. The average Bonchev–Trinajstić information content (AvgIpc) is 2.88. The molecule has 102 valence electrons. The van der Waals surface area contributed by atoms with Crippen LogP contribution in [0, 0.1) is 12.3 Å². The van der Waals surface area contributed by atoms with Crippen LogP contribution in [0.4, 0.5) is 0 Å². The number of aryl methyl sites for hydroxylation is 1. The zero-order valence-electron chi connectivity index (χ0n) is 11.7. The Morgan fingerprint density at radius 3 is 2.61 bits per heavy atom. The van der Waals surface area contributed by atoms with Gasteiger partial charge in [0.1, 0.15) is 0 Å². The van der Waals surface area contributed by atoms with E-state index in [2.05, 4.69) is 48.1 Å². The maximum absolute atomic E-state index is 3.80. The van der Waals surface area contributed by atoms with Crippen LogP contribution in [0.15, 0.2) is 10.5 Å². The van der Waals surface area contributed by atoms with Gasteiger partial charge in [-0.1, -0.05) is 26.7 Å². The monoisotopic (exact) mass is 329 g/mol. The number of rotatable bonds is 5. The molecule has 2 rings (SSSR count). The normalized spacial score (nSPS) is 20.2. The van der Waals surface area contributed by atoms with Gasteiger partial charge in [-0.25, -0.2) is 0 Å². The Morgan fingerprint density at radius 1 is 1.44 bits per heavy atom. The fraction of sp³-hybridized carbons (Fsp3) is 0.733. The van der Waals surface area contributed by atoms with Crippen LogP contribution in [0.25, 0.3) is 0 Å². The van der Waals surface area contributed by atoms with Crippen molar-refractivity contribution in [1.82, 2.24) is 5.32 Å². The number of thiophene rings is 1. The molecule has 0 radical (unpaired) electrons. The van der Waals surface area contributed by atoms with E-state index in [1.165, 1.54) is 46.3 Å². The second kappa shape index (κ2) is 6.06. The summed E-state index contributed by atoms with van der Waals surface area (Å²) in [6.45, 7) is 8.04. The summed E-state index contributed by atoms with van der Waals surface area (Å²) in [5.41, 5.74) is 0.450. The molecule has 1 N–H and O–H groups in total. The molecule has 1 fully saturated rings. The summed E-state index contributed by atoms with van der Waals surface area (Å²) in [6.07, 6.45) is 6.72. The van der Waals surface area contributed by atoms with Crippen molar-refractivity contribution in [2.24, 2.45) is 5.41 Å². The minimum Gasteiger partial charge on any atom is -0.309 e. The number of hydrogen-bond donors (Lipinski definition) is 1. The molecule has 1 unspecified atom stereocenters. The second-order valence-corrected chi connectivity index (χ2v) is 7.94. The van der Waals surface area contributed by atoms with E-state index < -0.39 is 0 Å². The molecule has 0 spiro atoms. The molecular formula is C15H24BrNS. The number of hydrogen-bond acceptors (Lipinski definition) is 2. The Bertz CT molecular complexity index is 374. The van der Waals surface area contributed by atoms with Gasteiger partial charge in [-0.2, -0.15) is 0 Å². The van der Waals surface area contributed by atoms with Crippen molar-refractivity contribution in [3.63, 3.8) is 0 Å². The van der Waals surface area contributed by atoms with Gasteiger partial charge in [0, 0.05) is 20.3 Å². The molecule has 1 atom stereocenters. The lowest BCUT2D eigenvalue weighted by molar-refractivity contribution is 0.227. The minimum absolute atomic E-state index is 0.450. The van der Waals surface area contributed by atoms with Crippen molar-refractivity contribution in [3.8, 4) is 0 Å². The molecule has 0 saturated heterocycles. The van der Waals surface area contributed by atoms with Crippen LogP contribution >= 0.6 is 27.3 Å². The molecule has 1 aromatic rings. The highest BCUT2D eigenvalue weighted by atomic mass is 79.9. The molecule has 1 aliphatic carbocycles. The zero-order valence-corrected chi connectivity index (χ0v) is 14.1. The molecule has 0 bridgehead atoms. The van der Waals surface area contributed by atoms with Gasteiger partial charge in [-0.15, -0.1) is 11.3 Å². The first kappa shape index (κ1) is 14.5. The molecule has 0 amide bonds. The molecule has 0 aliphatic heterocycles. The topological polar surface area (TPSA) is 12.0 Å². The predicted molar refractivity (Wildman–Crippen MR) is 84.4 cm³/mol. The molecule has 1 aromatic heterocycles. The van der Waals surface area contributed by atoms with Crippen LogP contribution in [0.2, 0.25) is 0 Å². The molecule has 18 heavy (non-hydrogen) atoms. The third-order valence-corrected chi connectivity index (χ3v) is 6.40. The Hall–Kier alpha value is 0.140. The van der Waals surface area contributed by atoms with Crippen molar-refractivity contribution < 1.29 is 0 Å². The predicted octanol–water partition coefficient (Wildman–Crippen LogP) is 5.44. The highest BCUT2D eigenvalue weighted by Gasteiger charge is 2.38. The maximum atomic E-state index is 3.80. The summed E-state index contributed by atoms with van der Waals surface area (Å²) in [5, 5.41) is 3.80. The molecule has 1 heterocycles. The molecule has 3 heteroatoms. The van der Waals surface area contributed by atoms with Gasteiger partial charge < -0.3 is 5.32 Å². The first-order valence-electron chi connectivity index (χ1n) is 7.06. The van der Waals surface area contributed by atoms with E-state index in [9.17, 15) is 0 Å². The highest BCUT2D eigenvalue weighted by Crippen LogP contribution is 2.49. The van der Waals surface area contributed by atoms with E-state index in [4.69, 9.17) is 0 Å². The van der Waals surface area contributed by atoms with Gasteiger partial charge in [0.15, 0.2) is 0 Å². The van der Waals surface area contributed by atoms with Crippen LogP contribution in [0.5, 0.6) is 0 Å². The summed E-state index contributed by atoms with van der Waals surface area (Å²) < 4.78 is 1.27. The number of nitrogens with one attached hydrogen (secondary N) is 1. The summed E-state index contributed by atoms with van der Waals surface area (Å²) in [5.74, 6) is 0. The van der Waals surface area contributed by atoms with E-state index in [1.807, 2.05) is 11.3 Å². The Kier molecular flexibility index (Phi) is 4.90. The number of halogens is 1. The summed E-state index contributed by atoms with van der Waals surface area (Å²) in [7, 11) is 0. The lowest BCUT2D eigenvalue weighted by Gasteiger charge is -2.34. The van der Waals surface area contributed by atoms with Gasteiger partial charge in [0.05, 0.1) is 0 Å². The first-order chi connectivity index (χ1) is 8.57. The Morgan fingerprint density at radius 2 is 2.11 bits per heavy atom. The van der Waals surface area contributed by atoms with Crippen LogP contribution < -0.4 is 5.32 Å². The molecule has 1 saturated carbocycles.